The average molecular weight is 329 g/mol. The van der Waals surface area contributed by atoms with E-state index in [1.165, 1.54) is 0 Å². The van der Waals surface area contributed by atoms with Gasteiger partial charge in [-0.25, -0.2) is 0 Å². The Morgan fingerprint density at radius 3 is 2.50 bits per heavy atom. The fourth-order valence-corrected chi connectivity index (χ4v) is 4.29. The highest BCUT2D eigenvalue weighted by Gasteiger charge is 2.42. The number of fused-ring (bicyclic) bond motifs is 1. The summed E-state index contributed by atoms with van der Waals surface area (Å²) in [5.41, 5.74) is 7.13. The molecule has 6 nitrogen and oxygen atoms in total. The van der Waals surface area contributed by atoms with E-state index in [0.29, 0.717) is 23.7 Å². The summed E-state index contributed by atoms with van der Waals surface area (Å²) in [5.74, 6) is -0.610. The lowest BCUT2D eigenvalue weighted by Crippen LogP contribution is -2.62. The Balaban J connectivity index is 1.42. The van der Waals surface area contributed by atoms with Crippen molar-refractivity contribution < 1.29 is 14.7 Å². The molecule has 6 heteroatoms. The zero-order valence-corrected chi connectivity index (χ0v) is 13.6. The average Bonchev–Trinajstić information content (AvgIpc) is 2.85. The lowest BCUT2D eigenvalue weighted by atomic mass is 9.89. The first-order valence-electron chi connectivity index (χ1n) is 8.69. The third-order valence-corrected chi connectivity index (χ3v) is 5.75. The minimum absolute atomic E-state index is 0.0666. The molecule has 3 N–H and O–H groups in total. The third kappa shape index (κ3) is 2.50. The number of hydrogen-bond donors (Lipinski definition) is 2. The summed E-state index contributed by atoms with van der Waals surface area (Å²) in [6.45, 7) is 2.33. The largest absolute Gasteiger partial charge is 0.393 e. The third-order valence-electron chi connectivity index (χ3n) is 5.75. The molecule has 0 spiro atoms. The maximum Gasteiger partial charge on any atom is 0.255 e. The van der Waals surface area contributed by atoms with Crippen LogP contribution in [0.2, 0.25) is 0 Å². The quantitative estimate of drug-likeness (QED) is 0.856. The first-order chi connectivity index (χ1) is 11.5. The van der Waals surface area contributed by atoms with Crippen molar-refractivity contribution >= 4 is 11.8 Å². The van der Waals surface area contributed by atoms with Crippen molar-refractivity contribution in [3.8, 4) is 0 Å². The molecule has 0 unspecified atom stereocenters. The maximum atomic E-state index is 12.7. The van der Waals surface area contributed by atoms with E-state index in [9.17, 15) is 14.7 Å². The second-order valence-corrected chi connectivity index (χ2v) is 7.21. The SMILES string of the molecule is NC(=O)c1cccc2c1C(=O)N(C1CN(C3CCC(O)CC3)C1)C2. The number of primary amides is 1. The van der Waals surface area contributed by atoms with Gasteiger partial charge in [0.2, 0.25) is 5.91 Å². The zero-order chi connectivity index (χ0) is 16.8. The summed E-state index contributed by atoms with van der Waals surface area (Å²) in [6, 6.07) is 6.06. The van der Waals surface area contributed by atoms with Gasteiger partial charge < -0.3 is 15.7 Å². The van der Waals surface area contributed by atoms with Crippen LogP contribution in [0.25, 0.3) is 0 Å². The Labute approximate surface area is 141 Å². The van der Waals surface area contributed by atoms with Gasteiger partial charge in [0.15, 0.2) is 0 Å². The molecular formula is C18H23N3O3. The Morgan fingerprint density at radius 2 is 1.83 bits per heavy atom. The van der Waals surface area contributed by atoms with Crippen LogP contribution in [0.5, 0.6) is 0 Å². The van der Waals surface area contributed by atoms with E-state index in [4.69, 9.17) is 5.73 Å². The van der Waals surface area contributed by atoms with Crippen LogP contribution in [-0.2, 0) is 6.54 Å². The number of nitrogens with zero attached hydrogens (tertiary/aromatic N) is 2. The molecular weight excluding hydrogens is 306 g/mol. The molecule has 1 aliphatic carbocycles. The Hall–Kier alpha value is -1.92. The highest BCUT2D eigenvalue weighted by atomic mass is 16.3. The van der Waals surface area contributed by atoms with Crippen LogP contribution < -0.4 is 5.73 Å². The number of hydrogen-bond acceptors (Lipinski definition) is 4. The highest BCUT2D eigenvalue weighted by molar-refractivity contribution is 6.09. The second-order valence-electron chi connectivity index (χ2n) is 7.21. The molecule has 1 aromatic carbocycles. The molecule has 2 aliphatic heterocycles. The highest BCUT2D eigenvalue weighted by Crippen LogP contribution is 2.33. The molecule has 0 aromatic heterocycles. The minimum Gasteiger partial charge on any atom is -0.393 e. The first kappa shape index (κ1) is 15.6. The fraction of sp³-hybridized carbons (Fsp3) is 0.556. The van der Waals surface area contributed by atoms with Crippen LogP contribution in [0.3, 0.4) is 0 Å². The van der Waals surface area contributed by atoms with Gasteiger partial charge in [-0.2, -0.15) is 0 Å². The summed E-state index contributed by atoms with van der Waals surface area (Å²) in [5, 5.41) is 9.62. The summed E-state index contributed by atoms with van der Waals surface area (Å²) in [7, 11) is 0. The molecule has 3 aliphatic rings. The molecule has 24 heavy (non-hydrogen) atoms. The van der Waals surface area contributed by atoms with Gasteiger partial charge in [-0.05, 0) is 37.3 Å². The lowest BCUT2D eigenvalue weighted by Gasteiger charge is -2.49. The predicted molar refractivity (Wildman–Crippen MR) is 88.5 cm³/mol. The molecule has 4 rings (SSSR count). The van der Waals surface area contributed by atoms with E-state index in [1.807, 2.05) is 11.0 Å². The summed E-state index contributed by atoms with van der Waals surface area (Å²) >= 11 is 0. The summed E-state index contributed by atoms with van der Waals surface area (Å²) in [6.07, 6.45) is 3.69. The molecule has 128 valence electrons. The normalized spacial score (nSPS) is 27.9. The summed E-state index contributed by atoms with van der Waals surface area (Å²) < 4.78 is 0. The molecule has 1 saturated heterocycles. The number of carbonyl (C=O) groups excluding carboxylic acids is 2. The maximum absolute atomic E-state index is 12.7. The Bertz CT molecular complexity index is 676. The summed E-state index contributed by atoms with van der Waals surface area (Å²) in [4.78, 5) is 28.6. The van der Waals surface area contributed by atoms with Crippen LogP contribution >= 0.6 is 0 Å². The molecule has 0 radical (unpaired) electrons. The number of likely N-dealkylation sites (tertiary alicyclic amines) is 1. The number of nitrogens with two attached hydrogens (primary N) is 1. The van der Waals surface area contributed by atoms with E-state index in [2.05, 4.69) is 4.90 Å². The van der Waals surface area contributed by atoms with Gasteiger partial charge in [0.25, 0.3) is 5.91 Å². The molecule has 1 aromatic rings. The van der Waals surface area contributed by atoms with Gasteiger partial charge in [0, 0.05) is 25.7 Å². The van der Waals surface area contributed by atoms with Crippen LogP contribution in [-0.4, -0.2) is 58.0 Å². The number of amides is 2. The second kappa shape index (κ2) is 5.86. The number of carbonyl (C=O) groups is 2. The van der Waals surface area contributed by atoms with Gasteiger partial charge in [-0.15, -0.1) is 0 Å². The number of benzene rings is 1. The monoisotopic (exact) mass is 329 g/mol. The lowest BCUT2D eigenvalue weighted by molar-refractivity contribution is -0.0131. The van der Waals surface area contributed by atoms with E-state index in [-0.39, 0.29) is 18.1 Å². The van der Waals surface area contributed by atoms with Crippen molar-refractivity contribution in [2.75, 3.05) is 13.1 Å². The smallest absolute Gasteiger partial charge is 0.255 e. The van der Waals surface area contributed by atoms with Crippen molar-refractivity contribution in [3.05, 3.63) is 34.9 Å². The van der Waals surface area contributed by atoms with Crippen molar-refractivity contribution in [1.29, 1.82) is 0 Å². The van der Waals surface area contributed by atoms with Crippen LogP contribution in [0.4, 0.5) is 0 Å². The number of aliphatic hydroxyl groups excluding tert-OH is 1. The van der Waals surface area contributed by atoms with Crippen LogP contribution in [0.15, 0.2) is 18.2 Å². The van der Waals surface area contributed by atoms with Crippen molar-refractivity contribution in [1.82, 2.24) is 9.80 Å². The molecule has 2 amide bonds. The molecule has 0 bridgehead atoms. The fourth-order valence-electron chi connectivity index (χ4n) is 4.29. The van der Waals surface area contributed by atoms with E-state index >= 15 is 0 Å². The number of rotatable bonds is 3. The molecule has 2 heterocycles. The van der Waals surface area contributed by atoms with E-state index in [0.717, 1.165) is 44.3 Å². The number of aliphatic hydroxyl groups is 1. The Morgan fingerprint density at radius 1 is 1.12 bits per heavy atom. The van der Waals surface area contributed by atoms with Crippen molar-refractivity contribution in [2.45, 2.75) is 50.4 Å². The predicted octanol–water partition coefficient (Wildman–Crippen LogP) is 0.729. The topological polar surface area (TPSA) is 86.9 Å². The van der Waals surface area contributed by atoms with Gasteiger partial charge >= 0.3 is 0 Å². The van der Waals surface area contributed by atoms with E-state index < -0.39 is 5.91 Å². The van der Waals surface area contributed by atoms with Gasteiger partial charge in [0.05, 0.1) is 23.3 Å². The molecule has 2 fully saturated rings. The minimum atomic E-state index is -0.543. The zero-order valence-electron chi connectivity index (χ0n) is 13.6. The first-order valence-corrected chi connectivity index (χ1v) is 8.69. The van der Waals surface area contributed by atoms with E-state index in [1.54, 1.807) is 12.1 Å². The Kier molecular flexibility index (Phi) is 3.81. The standard InChI is InChI=1S/C18H23N3O3/c19-17(23)15-3-1-2-11-8-21(18(24)16(11)15)13-9-20(10-13)12-4-6-14(22)7-5-12/h1-3,12-14,22H,4-10H2,(H2,19,23). The molecule has 1 saturated carbocycles. The van der Waals surface area contributed by atoms with Crippen molar-refractivity contribution in [3.63, 3.8) is 0 Å². The van der Waals surface area contributed by atoms with Gasteiger partial charge in [-0.3, -0.25) is 14.5 Å². The van der Waals surface area contributed by atoms with Crippen LogP contribution in [0.1, 0.15) is 52.0 Å². The molecule has 0 atom stereocenters. The van der Waals surface area contributed by atoms with Crippen LogP contribution in [0, 0.1) is 0 Å². The van der Waals surface area contributed by atoms with Gasteiger partial charge in [-0.1, -0.05) is 12.1 Å². The van der Waals surface area contributed by atoms with Crippen molar-refractivity contribution in [2.24, 2.45) is 5.73 Å². The van der Waals surface area contributed by atoms with Gasteiger partial charge in [0.1, 0.15) is 0 Å².